The van der Waals surface area contributed by atoms with Gasteiger partial charge in [-0.25, -0.2) is 0 Å². The molecule has 1 aliphatic rings. The van der Waals surface area contributed by atoms with Gasteiger partial charge in [-0.05, 0) is 49.9 Å². The molecule has 0 aromatic heterocycles. The number of benzene rings is 1. The van der Waals surface area contributed by atoms with Crippen LogP contribution in [0.2, 0.25) is 0 Å². The summed E-state index contributed by atoms with van der Waals surface area (Å²) in [6.07, 6.45) is 6.41. The summed E-state index contributed by atoms with van der Waals surface area (Å²) in [4.78, 5) is 14.6. The van der Waals surface area contributed by atoms with Crippen LogP contribution >= 0.6 is 0 Å². The number of piperidine rings is 1. The number of likely N-dealkylation sites (tertiary alicyclic amines) is 1. The topological polar surface area (TPSA) is 50.8 Å². The highest BCUT2D eigenvalue weighted by molar-refractivity contribution is 5.76. The number of nitrogens with zero attached hydrogens (tertiary/aromatic N) is 1. The fraction of sp³-hybridized carbons (Fsp3) is 0.650. The van der Waals surface area contributed by atoms with E-state index in [1.54, 1.807) is 14.2 Å². The van der Waals surface area contributed by atoms with Crippen molar-refractivity contribution >= 4 is 5.91 Å². The van der Waals surface area contributed by atoms with Crippen LogP contribution in [0.15, 0.2) is 18.2 Å². The number of amides is 1. The Labute approximate surface area is 151 Å². The lowest BCUT2D eigenvalue weighted by atomic mass is 10.00. The number of nitrogens with one attached hydrogen (secondary N) is 1. The van der Waals surface area contributed by atoms with Crippen LogP contribution in [-0.4, -0.2) is 50.7 Å². The Bertz CT molecular complexity index is 548. The van der Waals surface area contributed by atoms with E-state index in [2.05, 4.69) is 17.1 Å². The summed E-state index contributed by atoms with van der Waals surface area (Å²) in [7, 11) is 3.26. The van der Waals surface area contributed by atoms with Gasteiger partial charge in [0, 0.05) is 25.6 Å². The number of ether oxygens (including phenoxy) is 2. The van der Waals surface area contributed by atoms with Crippen molar-refractivity contribution in [3.63, 3.8) is 0 Å². The van der Waals surface area contributed by atoms with Gasteiger partial charge in [0.25, 0.3) is 0 Å². The largest absolute Gasteiger partial charge is 0.493 e. The third-order valence-corrected chi connectivity index (χ3v) is 5.03. The van der Waals surface area contributed by atoms with Crippen LogP contribution in [0.25, 0.3) is 0 Å². The molecule has 5 heteroatoms. The van der Waals surface area contributed by atoms with Crippen LogP contribution in [0.5, 0.6) is 11.5 Å². The first-order valence-electron chi connectivity index (χ1n) is 9.39. The Balaban J connectivity index is 1.71. The first-order chi connectivity index (χ1) is 12.2. The molecule has 1 aromatic rings. The lowest BCUT2D eigenvalue weighted by Gasteiger charge is -2.35. The molecule has 0 bridgehead atoms. The summed E-state index contributed by atoms with van der Waals surface area (Å²) >= 11 is 0. The minimum absolute atomic E-state index is 0.140. The second kappa shape index (κ2) is 10.3. The predicted octanol–water partition coefficient (Wildman–Crippen LogP) is 3.02. The summed E-state index contributed by atoms with van der Waals surface area (Å²) < 4.78 is 10.6. The van der Waals surface area contributed by atoms with E-state index in [0.29, 0.717) is 19.0 Å². The molecule has 2 rings (SSSR count). The van der Waals surface area contributed by atoms with E-state index in [4.69, 9.17) is 9.47 Å². The lowest BCUT2D eigenvalue weighted by molar-refractivity contribution is -0.121. The van der Waals surface area contributed by atoms with Crippen LogP contribution in [0.3, 0.4) is 0 Å². The fourth-order valence-corrected chi connectivity index (χ4v) is 3.53. The molecule has 25 heavy (non-hydrogen) atoms. The molecule has 1 N–H and O–H groups in total. The molecule has 0 radical (unpaired) electrons. The van der Waals surface area contributed by atoms with Gasteiger partial charge in [0.2, 0.25) is 5.91 Å². The molecular weight excluding hydrogens is 316 g/mol. The van der Waals surface area contributed by atoms with E-state index in [1.165, 1.54) is 25.7 Å². The Morgan fingerprint density at radius 1 is 1.24 bits per heavy atom. The number of hydrogen-bond acceptors (Lipinski definition) is 4. The molecule has 5 nitrogen and oxygen atoms in total. The minimum Gasteiger partial charge on any atom is -0.493 e. The van der Waals surface area contributed by atoms with Crippen molar-refractivity contribution in [3.05, 3.63) is 23.8 Å². The van der Waals surface area contributed by atoms with E-state index < -0.39 is 0 Å². The van der Waals surface area contributed by atoms with Crippen LogP contribution in [-0.2, 0) is 11.2 Å². The highest BCUT2D eigenvalue weighted by Crippen LogP contribution is 2.27. The van der Waals surface area contributed by atoms with Crippen molar-refractivity contribution in [2.75, 3.05) is 33.9 Å². The summed E-state index contributed by atoms with van der Waals surface area (Å²) in [5.74, 6) is 1.59. The Kier molecular flexibility index (Phi) is 8.06. The molecule has 1 saturated heterocycles. The summed E-state index contributed by atoms with van der Waals surface area (Å²) in [6, 6.07) is 6.53. The molecule has 1 heterocycles. The Morgan fingerprint density at radius 2 is 2.04 bits per heavy atom. The molecule has 0 saturated carbocycles. The molecule has 1 aliphatic heterocycles. The maximum absolute atomic E-state index is 12.1. The highest BCUT2D eigenvalue weighted by atomic mass is 16.5. The van der Waals surface area contributed by atoms with Gasteiger partial charge in [0.05, 0.1) is 14.2 Å². The molecule has 0 spiro atoms. The quantitative estimate of drug-likeness (QED) is 0.745. The van der Waals surface area contributed by atoms with Gasteiger partial charge in [-0.15, -0.1) is 0 Å². The van der Waals surface area contributed by atoms with Crippen molar-refractivity contribution in [2.24, 2.45) is 0 Å². The van der Waals surface area contributed by atoms with E-state index >= 15 is 0 Å². The third-order valence-electron chi connectivity index (χ3n) is 5.03. The van der Waals surface area contributed by atoms with Crippen LogP contribution in [0, 0.1) is 0 Å². The maximum atomic E-state index is 12.1. The van der Waals surface area contributed by atoms with Gasteiger partial charge in [0.15, 0.2) is 11.5 Å². The molecular formula is C20H32N2O3. The number of carbonyl (C=O) groups is 1. The van der Waals surface area contributed by atoms with Gasteiger partial charge in [-0.1, -0.05) is 19.4 Å². The van der Waals surface area contributed by atoms with Gasteiger partial charge in [0.1, 0.15) is 0 Å². The Hall–Kier alpha value is -1.75. The van der Waals surface area contributed by atoms with Crippen molar-refractivity contribution in [2.45, 2.75) is 51.5 Å². The number of carbonyl (C=O) groups excluding carboxylic acids is 1. The van der Waals surface area contributed by atoms with Crippen molar-refractivity contribution in [3.8, 4) is 11.5 Å². The standard InChI is InChI=1S/C20H32N2O3/c1-4-17-7-5-6-13-22(17)14-11-20(23)21-12-10-16-8-9-18(24-2)19(15-16)25-3/h8-9,15,17H,4-7,10-14H2,1-3H3,(H,21,23). The normalized spacial score (nSPS) is 18.0. The average Bonchev–Trinajstić information content (AvgIpc) is 2.66. The summed E-state index contributed by atoms with van der Waals surface area (Å²) in [5, 5.41) is 3.03. The molecule has 1 fully saturated rings. The van der Waals surface area contributed by atoms with Crippen LogP contribution in [0.4, 0.5) is 0 Å². The zero-order chi connectivity index (χ0) is 18.1. The minimum atomic E-state index is 0.140. The number of hydrogen-bond donors (Lipinski definition) is 1. The van der Waals surface area contributed by atoms with Crippen LogP contribution in [0.1, 0.15) is 44.6 Å². The Morgan fingerprint density at radius 3 is 2.76 bits per heavy atom. The molecule has 1 atom stereocenters. The average molecular weight is 348 g/mol. The van der Waals surface area contributed by atoms with E-state index in [9.17, 15) is 4.79 Å². The molecule has 140 valence electrons. The summed E-state index contributed by atoms with van der Waals surface area (Å²) in [5.41, 5.74) is 1.13. The SMILES string of the molecule is CCC1CCCCN1CCC(=O)NCCc1ccc(OC)c(OC)c1. The second-order valence-electron chi connectivity index (χ2n) is 6.63. The smallest absolute Gasteiger partial charge is 0.221 e. The lowest BCUT2D eigenvalue weighted by Crippen LogP contribution is -2.41. The number of rotatable bonds is 9. The van der Waals surface area contributed by atoms with Gasteiger partial charge >= 0.3 is 0 Å². The fourth-order valence-electron chi connectivity index (χ4n) is 3.53. The van der Waals surface area contributed by atoms with E-state index in [1.807, 2.05) is 18.2 Å². The second-order valence-corrected chi connectivity index (χ2v) is 6.63. The molecule has 1 amide bonds. The first kappa shape index (κ1) is 19.6. The molecule has 1 aromatic carbocycles. The van der Waals surface area contributed by atoms with Gasteiger partial charge in [-0.3, -0.25) is 9.69 Å². The van der Waals surface area contributed by atoms with E-state index in [0.717, 1.165) is 36.6 Å². The molecule has 0 aliphatic carbocycles. The maximum Gasteiger partial charge on any atom is 0.221 e. The molecule has 1 unspecified atom stereocenters. The monoisotopic (exact) mass is 348 g/mol. The van der Waals surface area contributed by atoms with Crippen LogP contribution < -0.4 is 14.8 Å². The third kappa shape index (κ3) is 5.92. The van der Waals surface area contributed by atoms with Gasteiger partial charge < -0.3 is 14.8 Å². The van der Waals surface area contributed by atoms with E-state index in [-0.39, 0.29) is 5.91 Å². The summed E-state index contributed by atoms with van der Waals surface area (Å²) in [6.45, 7) is 4.90. The van der Waals surface area contributed by atoms with Crippen molar-refractivity contribution < 1.29 is 14.3 Å². The van der Waals surface area contributed by atoms with Crippen molar-refractivity contribution in [1.29, 1.82) is 0 Å². The first-order valence-corrected chi connectivity index (χ1v) is 9.39. The van der Waals surface area contributed by atoms with Crippen molar-refractivity contribution in [1.82, 2.24) is 10.2 Å². The zero-order valence-electron chi connectivity index (χ0n) is 15.8. The zero-order valence-corrected chi connectivity index (χ0v) is 15.8. The predicted molar refractivity (Wildman–Crippen MR) is 100 cm³/mol. The highest BCUT2D eigenvalue weighted by Gasteiger charge is 2.20. The number of methoxy groups -OCH3 is 2. The van der Waals surface area contributed by atoms with Gasteiger partial charge in [-0.2, -0.15) is 0 Å².